The second kappa shape index (κ2) is 3.13. The van der Waals surface area contributed by atoms with Crippen LogP contribution in [0.1, 0.15) is 6.42 Å². The van der Waals surface area contributed by atoms with E-state index in [2.05, 4.69) is 23.5 Å². The van der Waals surface area contributed by atoms with Gasteiger partial charge in [-0.3, -0.25) is 0 Å². The molecule has 1 N–H and O–H groups in total. The van der Waals surface area contributed by atoms with Crippen molar-refractivity contribution in [2.24, 2.45) is 0 Å². The van der Waals surface area contributed by atoms with Crippen molar-refractivity contribution >= 4 is 0 Å². The van der Waals surface area contributed by atoms with Crippen molar-refractivity contribution in [1.82, 2.24) is 5.32 Å². The summed E-state index contributed by atoms with van der Waals surface area (Å²) in [7, 11) is 1.92. The lowest BCUT2D eigenvalue weighted by Crippen LogP contribution is -1.95. The van der Waals surface area contributed by atoms with Crippen LogP contribution < -0.4 is 5.32 Å². The Morgan fingerprint density at radius 3 is 3.00 bits per heavy atom. The molecule has 0 heterocycles. The summed E-state index contributed by atoms with van der Waals surface area (Å²) in [5, 5.41) is 2.99. The van der Waals surface area contributed by atoms with Gasteiger partial charge in [0.25, 0.3) is 0 Å². The maximum Gasteiger partial charge on any atom is 0.00278 e. The fourth-order valence-corrected chi connectivity index (χ4v) is 0.822. The van der Waals surface area contributed by atoms with Gasteiger partial charge < -0.3 is 5.32 Å². The molecule has 0 aromatic heterocycles. The summed E-state index contributed by atoms with van der Waals surface area (Å²) in [5.74, 6) is 0. The molecule has 0 spiro atoms. The summed E-state index contributed by atoms with van der Waals surface area (Å²) in [5.41, 5.74) is 1.33. The van der Waals surface area contributed by atoms with Gasteiger partial charge >= 0.3 is 0 Å². The van der Waals surface area contributed by atoms with Gasteiger partial charge in [-0.2, -0.15) is 0 Å². The highest BCUT2D eigenvalue weighted by Crippen LogP contribution is 2.07. The highest BCUT2D eigenvalue weighted by atomic mass is 14.8. The van der Waals surface area contributed by atoms with Gasteiger partial charge in [0.05, 0.1) is 0 Å². The lowest BCUT2D eigenvalue weighted by molar-refractivity contribution is 1.06. The SMILES string of the molecule is CNC=C1C=CC=CC1. The van der Waals surface area contributed by atoms with Crippen molar-refractivity contribution in [1.29, 1.82) is 0 Å². The molecule has 0 saturated heterocycles. The van der Waals surface area contributed by atoms with E-state index >= 15 is 0 Å². The first kappa shape index (κ1) is 6.14. The van der Waals surface area contributed by atoms with E-state index in [1.165, 1.54) is 5.57 Å². The van der Waals surface area contributed by atoms with Gasteiger partial charge in [0, 0.05) is 7.05 Å². The van der Waals surface area contributed by atoms with Gasteiger partial charge in [-0.05, 0) is 18.2 Å². The van der Waals surface area contributed by atoms with Crippen molar-refractivity contribution in [2.45, 2.75) is 6.42 Å². The molecular formula is C8H11N. The van der Waals surface area contributed by atoms with Crippen LogP contribution in [-0.2, 0) is 0 Å². The maximum absolute atomic E-state index is 2.99. The van der Waals surface area contributed by atoms with Crippen LogP contribution in [-0.4, -0.2) is 7.05 Å². The number of hydrogen-bond donors (Lipinski definition) is 1. The quantitative estimate of drug-likeness (QED) is 0.555. The molecule has 0 amide bonds. The molecule has 48 valence electrons. The molecule has 0 aliphatic heterocycles. The van der Waals surface area contributed by atoms with Crippen LogP contribution >= 0.6 is 0 Å². The minimum absolute atomic E-state index is 1.05. The summed E-state index contributed by atoms with van der Waals surface area (Å²) < 4.78 is 0. The van der Waals surface area contributed by atoms with Gasteiger partial charge in [-0.1, -0.05) is 24.3 Å². The molecule has 0 unspecified atom stereocenters. The molecule has 0 fully saturated rings. The van der Waals surface area contributed by atoms with E-state index in [9.17, 15) is 0 Å². The molecule has 1 aliphatic carbocycles. The first-order chi connectivity index (χ1) is 4.43. The normalized spacial score (nSPS) is 20.8. The van der Waals surface area contributed by atoms with Crippen molar-refractivity contribution in [3.05, 3.63) is 36.1 Å². The molecule has 0 aromatic carbocycles. The van der Waals surface area contributed by atoms with Crippen LogP contribution in [0.2, 0.25) is 0 Å². The van der Waals surface area contributed by atoms with E-state index < -0.39 is 0 Å². The van der Waals surface area contributed by atoms with Gasteiger partial charge in [0.15, 0.2) is 0 Å². The van der Waals surface area contributed by atoms with Crippen molar-refractivity contribution in [2.75, 3.05) is 7.05 Å². The topological polar surface area (TPSA) is 12.0 Å². The van der Waals surface area contributed by atoms with Gasteiger partial charge in [0.2, 0.25) is 0 Å². The Balaban J connectivity index is 2.55. The number of allylic oxidation sites excluding steroid dienone is 5. The molecule has 0 atom stereocenters. The lowest BCUT2D eigenvalue weighted by atomic mass is 10.1. The zero-order valence-corrected chi connectivity index (χ0v) is 5.59. The van der Waals surface area contributed by atoms with Gasteiger partial charge in [0.1, 0.15) is 0 Å². The predicted octanol–water partition coefficient (Wildman–Crippen LogP) is 1.61. The monoisotopic (exact) mass is 121 g/mol. The summed E-state index contributed by atoms with van der Waals surface area (Å²) in [6.45, 7) is 0. The second-order valence-corrected chi connectivity index (χ2v) is 2.00. The average molecular weight is 121 g/mol. The molecule has 0 bridgehead atoms. The van der Waals surface area contributed by atoms with Crippen LogP contribution in [0, 0.1) is 0 Å². The largest absolute Gasteiger partial charge is 0.394 e. The summed E-state index contributed by atoms with van der Waals surface area (Å²) in [4.78, 5) is 0. The standard InChI is InChI=1S/C8H11N/c1-9-7-8-5-3-2-4-6-8/h2-5,7,9H,6H2,1H3. The predicted molar refractivity (Wildman–Crippen MR) is 40.0 cm³/mol. The van der Waals surface area contributed by atoms with Crippen LogP contribution in [0.5, 0.6) is 0 Å². The smallest absolute Gasteiger partial charge is 0.00278 e. The van der Waals surface area contributed by atoms with Gasteiger partial charge in [-0.15, -0.1) is 0 Å². The zero-order chi connectivity index (χ0) is 6.53. The highest BCUT2D eigenvalue weighted by Gasteiger charge is 1.89. The Labute approximate surface area is 55.8 Å². The Bertz CT molecular complexity index is 163. The second-order valence-electron chi connectivity index (χ2n) is 2.00. The summed E-state index contributed by atoms with van der Waals surface area (Å²) in [6, 6.07) is 0. The zero-order valence-electron chi connectivity index (χ0n) is 5.59. The average Bonchev–Trinajstić information content (AvgIpc) is 1.91. The van der Waals surface area contributed by atoms with E-state index in [1.54, 1.807) is 0 Å². The van der Waals surface area contributed by atoms with Crippen LogP contribution in [0.3, 0.4) is 0 Å². The Kier molecular flexibility index (Phi) is 2.13. The van der Waals surface area contributed by atoms with E-state index in [0.717, 1.165) is 6.42 Å². The highest BCUT2D eigenvalue weighted by molar-refractivity contribution is 5.28. The first-order valence-corrected chi connectivity index (χ1v) is 3.13. The molecule has 0 aromatic rings. The summed E-state index contributed by atoms with van der Waals surface area (Å²) in [6.07, 6.45) is 11.4. The fraction of sp³-hybridized carbons (Fsp3) is 0.250. The fourth-order valence-electron chi connectivity index (χ4n) is 0.822. The number of rotatable bonds is 1. The van der Waals surface area contributed by atoms with E-state index in [4.69, 9.17) is 0 Å². The Morgan fingerprint density at radius 2 is 2.44 bits per heavy atom. The first-order valence-electron chi connectivity index (χ1n) is 3.13. The lowest BCUT2D eigenvalue weighted by Gasteiger charge is -1.99. The molecule has 0 saturated carbocycles. The van der Waals surface area contributed by atoms with E-state index in [0.29, 0.717) is 0 Å². The van der Waals surface area contributed by atoms with Crippen molar-refractivity contribution < 1.29 is 0 Å². The minimum atomic E-state index is 1.05. The number of hydrogen-bond acceptors (Lipinski definition) is 1. The van der Waals surface area contributed by atoms with Crippen molar-refractivity contribution in [3.63, 3.8) is 0 Å². The van der Waals surface area contributed by atoms with Gasteiger partial charge in [-0.25, -0.2) is 0 Å². The molecule has 1 heteroatoms. The molecular weight excluding hydrogens is 110 g/mol. The van der Waals surface area contributed by atoms with Crippen LogP contribution in [0.4, 0.5) is 0 Å². The number of nitrogens with one attached hydrogen (secondary N) is 1. The maximum atomic E-state index is 2.99. The third-order valence-electron chi connectivity index (χ3n) is 1.24. The van der Waals surface area contributed by atoms with Crippen molar-refractivity contribution in [3.8, 4) is 0 Å². The molecule has 1 nitrogen and oxygen atoms in total. The third-order valence-corrected chi connectivity index (χ3v) is 1.24. The molecule has 1 rings (SSSR count). The minimum Gasteiger partial charge on any atom is -0.394 e. The molecule has 1 aliphatic rings. The van der Waals surface area contributed by atoms with Crippen LogP contribution in [0.25, 0.3) is 0 Å². The Morgan fingerprint density at radius 1 is 1.56 bits per heavy atom. The third kappa shape index (κ3) is 1.76. The van der Waals surface area contributed by atoms with E-state index in [-0.39, 0.29) is 0 Å². The Hall–Kier alpha value is -0.980. The molecule has 9 heavy (non-hydrogen) atoms. The molecule has 0 radical (unpaired) electrons. The summed E-state index contributed by atoms with van der Waals surface area (Å²) >= 11 is 0. The van der Waals surface area contributed by atoms with E-state index in [1.807, 2.05) is 19.3 Å². The van der Waals surface area contributed by atoms with Crippen LogP contribution in [0.15, 0.2) is 36.1 Å².